The largest absolute Gasteiger partial charge is 0.478 e. The molecule has 0 aromatic carbocycles. The topological polar surface area (TPSA) is 237 Å². The summed E-state index contributed by atoms with van der Waals surface area (Å²) in [5.74, 6) is -4.22. The van der Waals surface area contributed by atoms with E-state index in [1.165, 1.54) is 20.1 Å². The minimum absolute atomic E-state index is 0.192. The van der Waals surface area contributed by atoms with Gasteiger partial charge in [-0.3, -0.25) is 14.4 Å². The summed E-state index contributed by atoms with van der Waals surface area (Å²) in [7, 11) is 1.27. The van der Waals surface area contributed by atoms with E-state index in [9.17, 15) is 24.3 Å². The summed E-state index contributed by atoms with van der Waals surface area (Å²) >= 11 is 0. The molecular formula is C30H53N5O10. The van der Waals surface area contributed by atoms with Crippen molar-refractivity contribution in [2.24, 2.45) is 34.0 Å². The Kier molecular flexibility index (Phi) is 17.5. The molecule has 1 aliphatic rings. The van der Waals surface area contributed by atoms with Crippen LogP contribution in [0.4, 0.5) is 0 Å². The lowest BCUT2D eigenvalue weighted by molar-refractivity contribution is -0.199. The Morgan fingerprint density at radius 3 is 2.22 bits per heavy atom. The maximum atomic E-state index is 13.4. The van der Waals surface area contributed by atoms with Gasteiger partial charge in [0.1, 0.15) is 24.9 Å². The first-order valence-electron chi connectivity index (χ1n) is 15.4. The predicted octanol–water partition coefficient (Wildman–Crippen LogP) is 0.747. The zero-order valence-electron chi connectivity index (χ0n) is 27.5. The maximum absolute atomic E-state index is 13.4. The molecule has 0 aromatic rings. The van der Waals surface area contributed by atoms with E-state index >= 15 is 0 Å². The van der Waals surface area contributed by atoms with Crippen molar-refractivity contribution in [1.82, 2.24) is 5.32 Å². The van der Waals surface area contributed by atoms with Gasteiger partial charge in [0.15, 0.2) is 12.1 Å². The number of unbranched alkanes of at least 4 members (excludes halogenated alkanes) is 4. The molecule has 1 heterocycles. The number of aliphatic imine (C=N–C) groups is 1. The number of hydrogen-bond donors (Lipinski definition) is 5. The number of hydrogen-bond acceptors (Lipinski definition) is 12. The molecule has 0 saturated heterocycles. The van der Waals surface area contributed by atoms with Gasteiger partial charge in [0.05, 0.1) is 12.1 Å². The Balaban J connectivity index is 3.25. The van der Waals surface area contributed by atoms with Crippen molar-refractivity contribution >= 4 is 29.8 Å². The zero-order chi connectivity index (χ0) is 34.3. The van der Waals surface area contributed by atoms with Crippen LogP contribution < -0.4 is 22.5 Å². The molecule has 0 spiro atoms. The molecule has 0 aromatic heterocycles. The van der Waals surface area contributed by atoms with Crippen LogP contribution in [0.25, 0.3) is 0 Å². The van der Waals surface area contributed by atoms with Crippen molar-refractivity contribution in [3.8, 4) is 0 Å². The molecule has 0 saturated carbocycles. The highest BCUT2D eigenvalue weighted by Crippen LogP contribution is 2.28. The number of rotatable bonds is 19. The second kappa shape index (κ2) is 19.9. The Labute approximate surface area is 265 Å². The monoisotopic (exact) mass is 643 g/mol. The van der Waals surface area contributed by atoms with E-state index in [2.05, 4.69) is 17.2 Å². The van der Waals surface area contributed by atoms with E-state index in [1.54, 1.807) is 27.7 Å². The lowest BCUT2D eigenvalue weighted by atomic mass is 9.92. The summed E-state index contributed by atoms with van der Waals surface area (Å²) < 4.78 is 27.6. The fraction of sp³-hybridized carbons (Fsp3) is 0.767. The molecule has 0 bridgehead atoms. The van der Waals surface area contributed by atoms with E-state index in [-0.39, 0.29) is 18.3 Å². The molecule has 1 rings (SSSR count). The fourth-order valence-electron chi connectivity index (χ4n) is 4.45. The smallest absolute Gasteiger partial charge is 0.376 e. The quantitative estimate of drug-likeness (QED) is 0.0430. The summed E-state index contributed by atoms with van der Waals surface area (Å²) in [6.07, 6.45) is 0.846. The molecule has 45 heavy (non-hydrogen) atoms. The molecule has 1 amide bonds. The van der Waals surface area contributed by atoms with Crippen LogP contribution in [-0.2, 0) is 42.9 Å². The summed E-state index contributed by atoms with van der Waals surface area (Å²) in [6.45, 7) is 9.73. The van der Waals surface area contributed by atoms with Gasteiger partial charge in [-0.15, -0.1) is 0 Å². The number of guanidine groups is 1. The fourth-order valence-corrected chi connectivity index (χ4v) is 4.45. The summed E-state index contributed by atoms with van der Waals surface area (Å²) in [5, 5.41) is 13.7. The van der Waals surface area contributed by atoms with Gasteiger partial charge in [-0.05, 0) is 18.4 Å². The van der Waals surface area contributed by atoms with E-state index < -0.39 is 84.8 Å². The van der Waals surface area contributed by atoms with Crippen molar-refractivity contribution in [1.29, 1.82) is 0 Å². The number of amides is 1. The average Bonchev–Trinajstić information content (AvgIpc) is 2.96. The standard InChI is InChI=1S/C30H53N5O10/c1-8-9-10-11-12-13-22(38)42-15-20(37)25(41-7)26-24(34-18(6)36)19(35-30(32)33)14-21(43-26)27(39)44-29(17(4)5)45-28(40)23(31)16(2)3/h14,16-17,19-20,23-26,29,37H,8-13,15,31H2,1-7H3,(H,34,36)(H4,32,33,35)/t19-,20+,23+,24+,25-,26+,29?/m0/s1. The van der Waals surface area contributed by atoms with Crippen LogP contribution in [0, 0.1) is 11.8 Å². The molecule has 7 atom stereocenters. The van der Waals surface area contributed by atoms with Gasteiger partial charge < -0.3 is 51.3 Å². The number of nitrogens with two attached hydrogens (primary N) is 3. The first-order valence-corrected chi connectivity index (χ1v) is 15.4. The highest BCUT2D eigenvalue weighted by molar-refractivity contribution is 5.87. The number of aliphatic hydroxyl groups is 1. The Morgan fingerprint density at radius 1 is 1.04 bits per heavy atom. The molecule has 1 unspecified atom stereocenters. The van der Waals surface area contributed by atoms with Crippen molar-refractivity contribution in [3.63, 3.8) is 0 Å². The number of carbonyl (C=O) groups excluding carboxylic acids is 4. The summed E-state index contributed by atoms with van der Waals surface area (Å²) in [6, 6.07) is -3.06. The number of methoxy groups -OCH3 is 1. The van der Waals surface area contributed by atoms with Gasteiger partial charge in [0.25, 0.3) is 0 Å². The highest BCUT2D eigenvalue weighted by atomic mass is 16.7. The molecule has 0 fully saturated rings. The van der Waals surface area contributed by atoms with Gasteiger partial charge in [-0.1, -0.05) is 60.3 Å². The van der Waals surface area contributed by atoms with Gasteiger partial charge >= 0.3 is 17.9 Å². The van der Waals surface area contributed by atoms with E-state index in [0.29, 0.717) is 6.42 Å². The number of nitrogens with one attached hydrogen (secondary N) is 1. The van der Waals surface area contributed by atoms with Crippen molar-refractivity contribution < 1.29 is 48.0 Å². The number of aliphatic hydroxyl groups excluding tert-OH is 1. The summed E-state index contributed by atoms with van der Waals surface area (Å²) in [4.78, 5) is 54.4. The molecule has 0 aliphatic carbocycles. The maximum Gasteiger partial charge on any atom is 0.376 e. The first kappa shape index (κ1) is 39.6. The lowest BCUT2D eigenvalue weighted by Gasteiger charge is -2.40. The number of ether oxygens (including phenoxy) is 5. The van der Waals surface area contributed by atoms with E-state index in [4.69, 9.17) is 40.9 Å². The van der Waals surface area contributed by atoms with Crippen molar-refractivity contribution in [2.45, 2.75) is 123 Å². The van der Waals surface area contributed by atoms with Gasteiger partial charge in [-0.2, -0.15) is 0 Å². The number of carbonyl (C=O) groups is 4. The second-order valence-electron chi connectivity index (χ2n) is 11.7. The average molecular weight is 644 g/mol. The van der Waals surface area contributed by atoms with Crippen molar-refractivity contribution in [3.05, 3.63) is 11.8 Å². The van der Waals surface area contributed by atoms with Crippen LogP contribution in [0.15, 0.2) is 16.8 Å². The van der Waals surface area contributed by atoms with Crippen LogP contribution in [0.3, 0.4) is 0 Å². The Bertz CT molecular complexity index is 1030. The molecule has 15 nitrogen and oxygen atoms in total. The molecular weight excluding hydrogens is 590 g/mol. The van der Waals surface area contributed by atoms with Gasteiger partial charge in [0.2, 0.25) is 18.0 Å². The minimum Gasteiger partial charge on any atom is -0.478 e. The van der Waals surface area contributed by atoms with E-state index in [0.717, 1.165) is 25.7 Å². The van der Waals surface area contributed by atoms with Gasteiger partial charge in [0, 0.05) is 26.4 Å². The third-order valence-corrected chi connectivity index (χ3v) is 7.04. The summed E-state index contributed by atoms with van der Waals surface area (Å²) in [5.41, 5.74) is 17.2. The zero-order valence-corrected chi connectivity index (χ0v) is 27.5. The third kappa shape index (κ3) is 13.6. The van der Waals surface area contributed by atoms with Crippen LogP contribution in [0.5, 0.6) is 0 Å². The molecule has 0 radical (unpaired) electrons. The molecule has 258 valence electrons. The normalized spacial score (nSPS) is 20.6. The Morgan fingerprint density at radius 2 is 1.69 bits per heavy atom. The third-order valence-electron chi connectivity index (χ3n) is 7.04. The minimum atomic E-state index is -1.45. The second-order valence-corrected chi connectivity index (χ2v) is 11.7. The van der Waals surface area contributed by atoms with Crippen LogP contribution in [-0.4, -0.2) is 91.3 Å². The van der Waals surface area contributed by atoms with Gasteiger partial charge in [-0.25, -0.2) is 9.79 Å². The van der Waals surface area contributed by atoms with Crippen LogP contribution >= 0.6 is 0 Å². The number of nitrogens with zero attached hydrogens (tertiary/aromatic N) is 1. The van der Waals surface area contributed by atoms with Crippen LogP contribution in [0.2, 0.25) is 0 Å². The molecule has 1 aliphatic heterocycles. The molecule has 8 N–H and O–H groups in total. The first-order chi connectivity index (χ1) is 21.1. The highest BCUT2D eigenvalue weighted by Gasteiger charge is 2.46. The lowest BCUT2D eigenvalue weighted by Crippen LogP contribution is -2.60. The van der Waals surface area contributed by atoms with Crippen molar-refractivity contribution in [2.75, 3.05) is 13.7 Å². The van der Waals surface area contributed by atoms with Crippen LogP contribution in [0.1, 0.15) is 80.1 Å². The van der Waals surface area contributed by atoms with E-state index in [1.807, 2.05) is 0 Å². The Hall–Kier alpha value is -3.43. The number of esters is 3. The SMILES string of the molecule is CCCCCCCC(=O)OC[C@@H](O)[C@H](OC)[C@@H]1OC(C(=O)OC(OC(=O)[C@H](N)C(C)C)C(C)C)=C[C@H](N=C(N)N)[C@H]1NC(C)=O. The molecule has 15 heteroatoms. The predicted molar refractivity (Wildman–Crippen MR) is 165 cm³/mol.